The van der Waals surface area contributed by atoms with Crippen molar-refractivity contribution in [2.45, 2.75) is 19.1 Å². The lowest BCUT2D eigenvalue weighted by atomic mass is 10.0. The van der Waals surface area contributed by atoms with Crippen molar-refractivity contribution in [3.05, 3.63) is 105 Å². The molecule has 0 bridgehead atoms. The van der Waals surface area contributed by atoms with Crippen molar-refractivity contribution in [1.82, 2.24) is 4.90 Å². The van der Waals surface area contributed by atoms with Crippen molar-refractivity contribution < 1.29 is 14.0 Å². The minimum absolute atomic E-state index is 0.267. The Morgan fingerprint density at radius 2 is 1.84 bits per heavy atom. The summed E-state index contributed by atoms with van der Waals surface area (Å²) in [6.45, 7) is 0.548. The van der Waals surface area contributed by atoms with Crippen molar-refractivity contribution in [1.29, 1.82) is 0 Å². The number of halogens is 3. The van der Waals surface area contributed by atoms with Crippen molar-refractivity contribution in [2.24, 2.45) is 5.16 Å². The number of benzene rings is 3. The van der Waals surface area contributed by atoms with Crippen molar-refractivity contribution in [3.63, 3.8) is 0 Å². The second-order valence-corrected chi connectivity index (χ2v) is 8.11. The Hall–Kier alpha value is -2.89. The Morgan fingerprint density at radius 1 is 1.06 bits per heavy atom. The Bertz CT molecular complexity index is 1120. The van der Waals surface area contributed by atoms with E-state index in [1.54, 1.807) is 29.2 Å². The van der Waals surface area contributed by atoms with Gasteiger partial charge in [0.1, 0.15) is 5.82 Å². The van der Waals surface area contributed by atoms with Gasteiger partial charge in [-0.05, 0) is 47.5 Å². The minimum atomic E-state index is -0.464. The molecular weight excluding hydrogens is 438 g/mol. The lowest BCUT2D eigenvalue weighted by Gasteiger charge is -2.25. The number of rotatable bonds is 6. The normalized spacial score (nSPS) is 15.3. The zero-order valence-corrected chi connectivity index (χ0v) is 18.0. The van der Waals surface area contributed by atoms with E-state index >= 15 is 0 Å². The maximum atomic E-state index is 13.7. The van der Waals surface area contributed by atoms with Gasteiger partial charge in [-0.15, -0.1) is 0 Å². The largest absolute Gasteiger partial charge is 0.390 e. The lowest BCUT2D eigenvalue weighted by Crippen LogP contribution is -2.37. The van der Waals surface area contributed by atoms with Crippen molar-refractivity contribution in [2.75, 3.05) is 6.54 Å². The molecule has 1 aliphatic rings. The van der Waals surface area contributed by atoms with Crippen LogP contribution in [0.3, 0.4) is 0 Å². The summed E-state index contributed by atoms with van der Waals surface area (Å²) >= 11 is 12.3. The van der Waals surface area contributed by atoms with E-state index in [-0.39, 0.29) is 30.7 Å². The molecule has 0 fully saturated rings. The van der Waals surface area contributed by atoms with Crippen LogP contribution in [0.25, 0.3) is 0 Å². The van der Waals surface area contributed by atoms with Gasteiger partial charge in [0.2, 0.25) is 0 Å². The molecular formula is C24H19Cl2FN2O2. The molecule has 0 spiro atoms. The summed E-state index contributed by atoms with van der Waals surface area (Å²) in [5.41, 5.74) is 2.77. The van der Waals surface area contributed by atoms with Gasteiger partial charge in [0, 0.05) is 28.6 Å². The molecule has 0 unspecified atom stereocenters. The first kappa shape index (κ1) is 21.3. The predicted molar refractivity (Wildman–Crippen MR) is 120 cm³/mol. The molecule has 0 saturated heterocycles. The van der Waals surface area contributed by atoms with Crippen LogP contribution < -0.4 is 0 Å². The van der Waals surface area contributed by atoms with Crippen LogP contribution in [-0.2, 0) is 11.4 Å². The summed E-state index contributed by atoms with van der Waals surface area (Å²) in [6.07, 6.45) is 0.211. The standard InChI is InChI=1S/C24H19Cl2FN2O2/c25-19-10-8-16(9-11-19)23-13-21(31-28-23)15-29(14-18-4-1-2-7-22(18)26)24(30)17-5-3-6-20(27)12-17/h1-12,21H,13-15H2/t21-/m1/s1. The highest BCUT2D eigenvalue weighted by Crippen LogP contribution is 2.23. The number of amides is 1. The molecule has 0 saturated carbocycles. The van der Waals surface area contributed by atoms with Crippen molar-refractivity contribution in [3.8, 4) is 0 Å². The average molecular weight is 457 g/mol. The first-order chi connectivity index (χ1) is 15.0. The number of hydrogen-bond donors (Lipinski definition) is 0. The van der Waals surface area contributed by atoms with Gasteiger partial charge in [0.15, 0.2) is 6.10 Å². The Morgan fingerprint density at radius 3 is 2.58 bits per heavy atom. The summed E-state index contributed by atoms with van der Waals surface area (Å²) in [7, 11) is 0. The minimum Gasteiger partial charge on any atom is -0.390 e. The maximum Gasteiger partial charge on any atom is 0.254 e. The Labute approximate surface area is 189 Å². The van der Waals surface area contributed by atoms with E-state index < -0.39 is 5.82 Å². The van der Waals surface area contributed by atoms with Gasteiger partial charge >= 0.3 is 0 Å². The van der Waals surface area contributed by atoms with Gasteiger partial charge in [-0.1, -0.05) is 64.8 Å². The quantitative estimate of drug-likeness (QED) is 0.458. The van der Waals surface area contributed by atoms with Crippen LogP contribution in [0, 0.1) is 5.82 Å². The number of carbonyl (C=O) groups excluding carboxylic acids is 1. The second kappa shape index (κ2) is 9.50. The van der Waals surface area contributed by atoms with E-state index in [0.717, 1.165) is 16.8 Å². The van der Waals surface area contributed by atoms with Crippen LogP contribution in [0.15, 0.2) is 78.0 Å². The van der Waals surface area contributed by atoms with Crippen LogP contribution in [-0.4, -0.2) is 29.2 Å². The summed E-state index contributed by atoms with van der Waals surface area (Å²) in [4.78, 5) is 20.4. The summed E-state index contributed by atoms with van der Waals surface area (Å²) in [5.74, 6) is -0.767. The summed E-state index contributed by atoms with van der Waals surface area (Å²) in [5, 5.41) is 5.40. The second-order valence-electron chi connectivity index (χ2n) is 7.26. The fraction of sp³-hybridized carbons (Fsp3) is 0.167. The molecule has 1 amide bonds. The molecule has 1 heterocycles. The summed E-state index contributed by atoms with van der Waals surface area (Å²) in [6, 6.07) is 20.3. The van der Waals surface area contributed by atoms with Gasteiger partial charge in [0.25, 0.3) is 5.91 Å². The predicted octanol–water partition coefficient (Wildman–Crippen LogP) is 5.97. The number of hydrogen-bond acceptors (Lipinski definition) is 3. The third kappa shape index (κ3) is 5.24. The van der Waals surface area contributed by atoms with E-state index in [1.807, 2.05) is 30.3 Å². The molecule has 0 aliphatic carbocycles. The molecule has 4 rings (SSSR count). The SMILES string of the molecule is O=C(c1cccc(F)c1)N(Cc1ccccc1Cl)C[C@H]1CC(c2ccc(Cl)cc2)=NO1. The number of oxime groups is 1. The number of nitrogens with zero attached hydrogens (tertiary/aromatic N) is 2. The molecule has 0 N–H and O–H groups in total. The van der Waals surface area contributed by atoms with Crippen LogP contribution >= 0.6 is 23.2 Å². The van der Waals surface area contributed by atoms with Gasteiger partial charge < -0.3 is 9.74 Å². The number of carbonyl (C=O) groups is 1. The van der Waals surface area contributed by atoms with Crippen LogP contribution in [0.2, 0.25) is 10.0 Å². The first-order valence-electron chi connectivity index (χ1n) is 9.76. The van der Waals surface area contributed by atoms with Crippen molar-refractivity contribution >= 4 is 34.8 Å². The maximum absolute atomic E-state index is 13.7. The fourth-order valence-electron chi connectivity index (χ4n) is 3.44. The van der Waals surface area contributed by atoms with Gasteiger partial charge in [-0.25, -0.2) is 4.39 Å². The third-order valence-corrected chi connectivity index (χ3v) is 5.63. The van der Waals surface area contributed by atoms with Crippen LogP contribution in [0.1, 0.15) is 27.9 Å². The Kier molecular flexibility index (Phi) is 6.54. The zero-order chi connectivity index (χ0) is 21.8. The third-order valence-electron chi connectivity index (χ3n) is 5.01. The lowest BCUT2D eigenvalue weighted by molar-refractivity contribution is 0.0405. The highest BCUT2D eigenvalue weighted by Gasteiger charge is 2.28. The van der Waals surface area contributed by atoms with E-state index in [0.29, 0.717) is 16.5 Å². The van der Waals surface area contributed by atoms with E-state index in [1.165, 1.54) is 18.2 Å². The highest BCUT2D eigenvalue weighted by molar-refractivity contribution is 6.31. The zero-order valence-electron chi connectivity index (χ0n) is 16.5. The molecule has 0 aromatic heterocycles. The molecule has 4 nitrogen and oxygen atoms in total. The summed E-state index contributed by atoms with van der Waals surface area (Å²) < 4.78 is 13.7. The van der Waals surface area contributed by atoms with E-state index in [2.05, 4.69) is 5.16 Å². The van der Waals surface area contributed by atoms with Crippen LogP contribution in [0.4, 0.5) is 4.39 Å². The van der Waals surface area contributed by atoms with Gasteiger partial charge in [-0.3, -0.25) is 4.79 Å². The monoisotopic (exact) mass is 456 g/mol. The molecule has 7 heteroatoms. The molecule has 158 valence electrons. The van der Waals surface area contributed by atoms with E-state index in [9.17, 15) is 9.18 Å². The molecule has 3 aromatic rings. The molecule has 3 aromatic carbocycles. The topological polar surface area (TPSA) is 41.9 Å². The van der Waals surface area contributed by atoms with Crippen LogP contribution in [0.5, 0.6) is 0 Å². The smallest absolute Gasteiger partial charge is 0.254 e. The van der Waals surface area contributed by atoms with E-state index in [4.69, 9.17) is 28.0 Å². The molecule has 31 heavy (non-hydrogen) atoms. The molecule has 0 radical (unpaired) electrons. The van der Waals surface area contributed by atoms with Gasteiger partial charge in [-0.2, -0.15) is 0 Å². The highest BCUT2D eigenvalue weighted by atomic mass is 35.5. The molecule has 1 atom stereocenters. The first-order valence-corrected chi connectivity index (χ1v) is 10.5. The molecule has 1 aliphatic heterocycles. The Balaban J connectivity index is 1.53. The average Bonchev–Trinajstić information content (AvgIpc) is 3.23. The van der Waals surface area contributed by atoms with Gasteiger partial charge in [0.05, 0.1) is 12.3 Å². The fourth-order valence-corrected chi connectivity index (χ4v) is 3.76.